The van der Waals surface area contributed by atoms with Crippen molar-refractivity contribution >= 4 is 31.4 Å². The first kappa shape index (κ1) is 16.4. The number of nitrogens with two attached hydrogens (primary N) is 1. The highest BCUT2D eigenvalue weighted by Gasteiger charge is 2.23. The Balaban J connectivity index is 2.27. The van der Waals surface area contributed by atoms with E-state index in [1.54, 1.807) is 0 Å². The van der Waals surface area contributed by atoms with E-state index in [4.69, 9.17) is 5.73 Å². The lowest BCUT2D eigenvalue weighted by Gasteiger charge is -2.11. The molecule has 2 rings (SSSR count). The molecular formula is C14H21N3O2S2. The van der Waals surface area contributed by atoms with Gasteiger partial charge in [-0.05, 0) is 33.1 Å². The predicted octanol–water partition coefficient (Wildman–Crippen LogP) is 1.59. The molecule has 0 radical (unpaired) electrons. The summed E-state index contributed by atoms with van der Waals surface area (Å²) in [5.41, 5.74) is 5.72. The summed E-state index contributed by atoms with van der Waals surface area (Å²) in [5, 5.41) is 0.753. The zero-order valence-corrected chi connectivity index (χ0v) is 13.9. The van der Waals surface area contributed by atoms with E-state index in [1.165, 1.54) is 11.3 Å². The van der Waals surface area contributed by atoms with Gasteiger partial charge < -0.3 is 10.6 Å². The van der Waals surface area contributed by atoms with Crippen LogP contribution < -0.4 is 10.5 Å². The van der Waals surface area contributed by atoms with E-state index in [2.05, 4.69) is 4.72 Å². The Labute approximate surface area is 129 Å². The van der Waals surface area contributed by atoms with Gasteiger partial charge in [0.05, 0.1) is 0 Å². The number of sulfonamides is 1. The maximum absolute atomic E-state index is 12.6. The average Bonchev–Trinajstić information content (AvgIpc) is 2.82. The van der Waals surface area contributed by atoms with Crippen LogP contribution in [0.5, 0.6) is 0 Å². The fourth-order valence-electron chi connectivity index (χ4n) is 2.18. The van der Waals surface area contributed by atoms with Gasteiger partial charge in [0.25, 0.3) is 0 Å². The Kier molecular flexibility index (Phi) is 5.34. The van der Waals surface area contributed by atoms with Crippen molar-refractivity contribution in [3.63, 3.8) is 0 Å². The van der Waals surface area contributed by atoms with E-state index in [9.17, 15) is 8.42 Å². The summed E-state index contributed by atoms with van der Waals surface area (Å²) < 4.78 is 28.7. The van der Waals surface area contributed by atoms with Gasteiger partial charge >= 0.3 is 0 Å². The van der Waals surface area contributed by atoms with Gasteiger partial charge in [0.15, 0.2) is 0 Å². The molecule has 7 heteroatoms. The molecule has 0 fully saturated rings. The third kappa shape index (κ3) is 3.81. The van der Waals surface area contributed by atoms with Gasteiger partial charge in [-0.3, -0.25) is 0 Å². The number of hydrogen-bond acceptors (Lipinski definition) is 5. The molecule has 0 spiro atoms. The van der Waals surface area contributed by atoms with Crippen molar-refractivity contribution in [2.75, 3.05) is 27.2 Å². The van der Waals surface area contributed by atoms with E-state index in [1.807, 2.05) is 43.3 Å². The number of hydrogen-bond donors (Lipinski definition) is 2. The molecule has 0 saturated heterocycles. The second kappa shape index (κ2) is 6.85. The van der Waals surface area contributed by atoms with Crippen LogP contribution in [0.25, 0.3) is 10.1 Å². The molecule has 2 aromatic rings. The summed E-state index contributed by atoms with van der Waals surface area (Å²) in [6, 6.07) is 7.50. The minimum atomic E-state index is -3.52. The number of nitrogens with zero attached hydrogens (tertiary/aromatic N) is 1. The van der Waals surface area contributed by atoms with Gasteiger partial charge in [-0.15, -0.1) is 11.3 Å². The van der Waals surface area contributed by atoms with Crippen LogP contribution in [0.15, 0.2) is 29.2 Å². The van der Waals surface area contributed by atoms with Crippen molar-refractivity contribution in [3.05, 3.63) is 29.1 Å². The standard InChI is InChI=1S/C14H21N3O2S2/c1-17(2)9-5-8-16-21(18,19)14-11-6-3-4-7-12(11)20-13(14)10-15/h3-4,6-7,16H,5,8-10,15H2,1-2H3. The monoisotopic (exact) mass is 327 g/mol. The lowest BCUT2D eigenvalue weighted by atomic mass is 10.2. The minimum absolute atomic E-state index is 0.229. The zero-order chi connectivity index (χ0) is 15.5. The van der Waals surface area contributed by atoms with E-state index in [0.717, 1.165) is 23.1 Å². The van der Waals surface area contributed by atoms with Crippen molar-refractivity contribution in [1.82, 2.24) is 9.62 Å². The molecule has 0 aliphatic rings. The smallest absolute Gasteiger partial charge is 0.242 e. The van der Waals surface area contributed by atoms with Crippen molar-refractivity contribution in [2.24, 2.45) is 5.73 Å². The molecule has 0 unspecified atom stereocenters. The molecule has 3 N–H and O–H groups in total. The van der Waals surface area contributed by atoms with Crippen molar-refractivity contribution in [3.8, 4) is 0 Å². The molecule has 0 bridgehead atoms. The zero-order valence-electron chi connectivity index (χ0n) is 12.3. The molecule has 0 amide bonds. The van der Waals surface area contributed by atoms with Gasteiger partial charge in [0.1, 0.15) is 4.90 Å². The number of fused-ring (bicyclic) bond motifs is 1. The predicted molar refractivity (Wildman–Crippen MR) is 88.1 cm³/mol. The molecule has 1 aromatic heterocycles. The van der Waals surface area contributed by atoms with Crippen molar-refractivity contribution in [2.45, 2.75) is 17.9 Å². The highest BCUT2D eigenvalue weighted by Crippen LogP contribution is 2.34. The highest BCUT2D eigenvalue weighted by molar-refractivity contribution is 7.90. The van der Waals surface area contributed by atoms with Crippen LogP contribution in [0.4, 0.5) is 0 Å². The Morgan fingerprint density at radius 3 is 2.67 bits per heavy atom. The number of nitrogens with one attached hydrogen (secondary N) is 1. The normalized spacial score (nSPS) is 12.4. The maximum atomic E-state index is 12.6. The lowest BCUT2D eigenvalue weighted by Crippen LogP contribution is -2.28. The quantitative estimate of drug-likeness (QED) is 0.757. The van der Waals surface area contributed by atoms with E-state index in [-0.39, 0.29) is 6.54 Å². The summed E-state index contributed by atoms with van der Waals surface area (Å²) in [6.07, 6.45) is 0.770. The largest absolute Gasteiger partial charge is 0.326 e. The fraction of sp³-hybridized carbons (Fsp3) is 0.429. The average molecular weight is 327 g/mol. The topological polar surface area (TPSA) is 75.4 Å². The highest BCUT2D eigenvalue weighted by atomic mass is 32.2. The first-order valence-electron chi connectivity index (χ1n) is 6.80. The van der Waals surface area contributed by atoms with E-state index < -0.39 is 10.0 Å². The Bertz CT molecular complexity index is 708. The van der Waals surface area contributed by atoms with Gasteiger partial charge in [-0.2, -0.15) is 0 Å². The molecule has 0 atom stereocenters. The van der Waals surface area contributed by atoms with E-state index >= 15 is 0 Å². The van der Waals surface area contributed by atoms with Crippen LogP contribution in [-0.2, 0) is 16.6 Å². The summed E-state index contributed by atoms with van der Waals surface area (Å²) in [4.78, 5) is 3.08. The number of thiophene rings is 1. The Hall–Kier alpha value is -0.990. The third-order valence-electron chi connectivity index (χ3n) is 3.15. The molecule has 0 saturated carbocycles. The summed E-state index contributed by atoms with van der Waals surface area (Å²) >= 11 is 1.44. The van der Waals surface area contributed by atoms with Crippen molar-refractivity contribution < 1.29 is 8.42 Å². The summed E-state index contributed by atoms with van der Waals surface area (Å²) in [5.74, 6) is 0. The van der Waals surface area contributed by atoms with Crippen LogP contribution >= 0.6 is 11.3 Å². The van der Waals surface area contributed by atoms with Gasteiger partial charge in [0.2, 0.25) is 10.0 Å². The van der Waals surface area contributed by atoms with E-state index in [0.29, 0.717) is 16.3 Å². The summed E-state index contributed by atoms with van der Waals surface area (Å²) in [6.45, 7) is 1.50. The first-order chi connectivity index (χ1) is 9.95. The second-order valence-electron chi connectivity index (χ2n) is 5.11. The molecule has 0 aliphatic heterocycles. The molecular weight excluding hydrogens is 306 g/mol. The molecule has 116 valence electrons. The van der Waals surface area contributed by atoms with Crippen molar-refractivity contribution in [1.29, 1.82) is 0 Å². The van der Waals surface area contributed by atoms with Gasteiger partial charge in [-0.1, -0.05) is 18.2 Å². The maximum Gasteiger partial charge on any atom is 0.242 e. The van der Waals surface area contributed by atoms with Crippen LogP contribution in [0.2, 0.25) is 0 Å². The Morgan fingerprint density at radius 1 is 1.29 bits per heavy atom. The first-order valence-corrected chi connectivity index (χ1v) is 9.10. The molecule has 1 aromatic carbocycles. The fourth-order valence-corrected chi connectivity index (χ4v) is 5.08. The minimum Gasteiger partial charge on any atom is -0.326 e. The Morgan fingerprint density at radius 2 is 2.00 bits per heavy atom. The molecule has 21 heavy (non-hydrogen) atoms. The number of benzene rings is 1. The van der Waals surface area contributed by atoms with Gasteiger partial charge in [0, 0.05) is 28.1 Å². The third-order valence-corrected chi connectivity index (χ3v) is 6.06. The van der Waals surface area contributed by atoms with Crippen LogP contribution in [0.3, 0.4) is 0 Å². The summed E-state index contributed by atoms with van der Waals surface area (Å²) in [7, 11) is 0.409. The van der Waals surface area contributed by atoms with Crippen LogP contribution in [0, 0.1) is 0 Å². The molecule has 1 heterocycles. The lowest BCUT2D eigenvalue weighted by molar-refractivity contribution is 0.400. The second-order valence-corrected chi connectivity index (χ2v) is 7.95. The molecule has 0 aliphatic carbocycles. The van der Waals surface area contributed by atoms with Crippen LogP contribution in [0.1, 0.15) is 11.3 Å². The van der Waals surface area contributed by atoms with Gasteiger partial charge in [-0.25, -0.2) is 13.1 Å². The number of rotatable bonds is 7. The SMILES string of the molecule is CN(C)CCCNS(=O)(=O)c1c(CN)sc2ccccc12. The molecule has 5 nitrogen and oxygen atoms in total. The van der Waals surface area contributed by atoms with Crippen LogP contribution in [-0.4, -0.2) is 40.5 Å².